The lowest BCUT2D eigenvalue weighted by Crippen LogP contribution is -2.28. The van der Waals surface area contributed by atoms with E-state index in [2.05, 4.69) is 34.3 Å². The van der Waals surface area contributed by atoms with Crippen molar-refractivity contribution < 1.29 is 4.39 Å². The molecule has 2 rings (SSSR count). The molecule has 0 spiro atoms. The molecular formula is C13H14BrFN2S. The fraction of sp³-hybridized carbons (Fsp3) is 0.231. The minimum absolute atomic E-state index is 0.257. The van der Waals surface area contributed by atoms with Crippen LogP contribution in [0, 0.1) is 5.82 Å². The first kappa shape index (κ1) is 13.7. The van der Waals surface area contributed by atoms with Gasteiger partial charge in [0.25, 0.3) is 0 Å². The summed E-state index contributed by atoms with van der Waals surface area (Å²) in [4.78, 5) is 2.28. The highest BCUT2D eigenvalue weighted by Gasteiger charge is 2.18. The van der Waals surface area contributed by atoms with Crippen LogP contribution in [-0.4, -0.2) is 0 Å². The third kappa shape index (κ3) is 2.80. The van der Waals surface area contributed by atoms with Crippen LogP contribution >= 0.6 is 27.3 Å². The molecule has 1 atom stereocenters. The molecule has 3 N–H and O–H groups in total. The van der Waals surface area contributed by atoms with Crippen LogP contribution in [0.2, 0.25) is 0 Å². The van der Waals surface area contributed by atoms with Gasteiger partial charge in [-0.25, -0.2) is 9.82 Å². The van der Waals surface area contributed by atoms with Gasteiger partial charge >= 0.3 is 0 Å². The Morgan fingerprint density at radius 1 is 1.39 bits per heavy atom. The predicted molar refractivity (Wildman–Crippen MR) is 77.0 cm³/mol. The first-order chi connectivity index (χ1) is 8.65. The molecule has 0 bridgehead atoms. The Hall–Kier alpha value is -0.750. The molecule has 1 aromatic carbocycles. The first-order valence-corrected chi connectivity index (χ1v) is 7.26. The third-order valence-electron chi connectivity index (χ3n) is 2.75. The summed E-state index contributed by atoms with van der Waals surface area (Å²) in [5.74, 6) is 5.32. The number of rotatable bonds is 4. The van der Waals surface area contributed by atoms with Crippen LogP contribution in [0.25, 0.3) is 0 Å². The average molecular weight is 329 g/mol. The second kappa shape index (κ2) is 5.93. The van der Waals surface area contributed by atoms with Crippen molar-refractivity contribution in [3.05, 3.63) is 55.9 Å². The Labute approximate surface area is 118 Å². The molecule has 1 aromatic heterocycles. The van der Waals surface area contributed by atoms with E-state index in [1.54, 1.807) is 23.5 Å². The molecule has 18 heavy (non-hydrogen) atoms. The number of halogens is 2. The zero-order valence-corrected chi connectivity index (χ0v) is 12.3. The van der Waals surface area contributed by atoms with Crippen molar-refractivity contribution in [2.24, 2.45) is 5.84 Å². The van der Waals surface area contributed by atoms with Crippen LogP contribution < -0.4 is 11.3 Å². The van der Waals surface area contributed by atoms with E-state index in [0.29, 0.717) is 5.56 Å². The fourth-order valence-corrected chi connectivity index (χ4v) is 3.21. The molecule has 0 saturated carbocycles. The number of nitrogens with one attached hydrogen (secondary N) is 1. The van der Waals surface area contributed by atoms with E-state index in [1.807, 2.05) is 6.07 Å². The van der Waals surface area contributed by atoms with Crippen molar-refractivity contribution in [3.63, 3.8) is 0 Å². The molecule has 0 fully saturated rings. The number of hydrazine groups is 1. The van der Waals surface area contributed by atoms with Crippen molar-refractivity contribution in [1.82, 2.24) is 5.43 Å². The van der Waals surface area contributed by atoms with E-state index in [4.69, 9.17) is 5.84 Å². The second-order valence-corrected chi connectivity index (χ2v) is 6.04. The van der Waals surface area contributed by atoms with Crippen molar-refractivity contribution in [2.75, 3.05) is 0 Å². The van der Waals surface area contributed by atoms with Gasteiger partial charge < -0.3 is 0 Å². The van der Waals surface area contributed by atoms with Gasteiger partial charge in [0.2, 0.25) is 0 Å². The average Bonchev–Trinajstić information content (AvgIpc) is 2.83. The van der Waals surface area contributed by atoms with Crippen molar-refractivity contribution in [2.45, 2.75) is 19.4 Å². The van der Waals surface area contributed by atoms with E-state index in [9.17, 15) is 4.39 Å². The zero-order valence-electron chi connectivity index (χ0n) is 9.91. The number of benzene rings is 1. The quantitative estimate of drug-likeness (QED) is 0.662. The molecular weight excluding hydrogens is 315 g/mol. The smallest absolute Gasteiger partial charge is 0.128 e. The lowest BCUT2D eigenvalue weighted by molar-refractivity contribution is 0.564. The highest BCUT2D eigenvalue weighted by Crippen LogP contribution is 2.31. The van der Waals surface area contributed by atoms with E-state index < -0.39 is 0 Å². The van der Waals surface area contributed by atoms with E-state index in [-0.39, 0.29) is 11.9 Å². The molecule has 0 amide bonds. The van der Waals surface area contributed by atoms with Gasteiger partial charge in [0.1, 0.15) is 5.82 Å². The summed E-state index contributed by atoms with van der Waals surface area (Å²) >= 11 is 5.00. The molecule has 5 heteroatoms. The zero-order chi connectivity index (χ0) is 13.1. The maximum Gasteiger partial charge on any atom is 0.128 e. The highest BCUT2D eigenvalue weighted by molar-refractivity contribution is 9.10. The lowest BCUT2D eigenvalue weighted by atomic mass is 10.1. The maximum absolute atomic E-state index is 13.9. The van der Waals surface area contributed by atoms with Gasteiger partial charge in [-0.05, 0) is 36.8 Å². The van der Waals surface area contributed by atoms with Crippen LogP contribution in [-0.2, 0) is 6.42 Å². The molecule has 2 nitrogen and oxygen atoms in total. The monoisotopic (exact) mass is 328 g/mol. The Kier molecular flexibility index (Phi) is 4.50. The normalized spacial score (nSPS) is 12.7. The molecule has 0 saturated heterocycles. The highest BCUT2D eigenvalue weighted by atomic mass is 79.9. The van der Waals surface area contributed by atoms with Crippen molar-refractivity contribution >= 4 is 27.3 Å². The molecule has 1 unspecified atom stereocenters. The SMILES string of the molecule is CCc1ccc(C(NN)c2cc(Br)ccc2F)s1. The summed E-state index contributed by atoms with van der Waals surface area (Å²) in [7, 11) is 0. The number of aryl methyl sites for hydroxylation is 1. The fourth-order valence-electron chi connectivity index (χ4n) is 1.80. The van der Waals surface area contributed by atoms with Gasteiger partial charge in [-0.2, -0.15) is 0 Å². The summed E-state index contributed by atoms with van der Waals surface area (Å²) in [5.41, 5.74) is 3.24. The van der Waals surface area contributed by atoms with Crippen LogP contribution in [0.5, 0.6) is 0 Å². The second-order valence-electron chi connectivity index (χ2n) is 3.92. The molecule has 96 valence electrons. The Morgan fingerprint density at radius 3 is 2.78 bits per heavy atom. The Bertz CT molecular complexity index is 542. The van der Waals surface area contributed by atoms with Gasteiger partial charge in [-0.1, -0.05) is 22.9 Å². The Morgan fingerprint density at radius 2 is 2.17 bits per heavy atom. The molecule has 0 aliphatic rings. The van der Waals surface area contributed by atoms with Gasteiger partial charge in [-0.15, -0.1) is 11.3 Å². The van der Waals surface area contributed by atoms with Crippen LogP contribution in [0.1, 0.15) is 28.3 Å². The molecule has 1 heterocycles. The summed E-state index contributed by atoms with van der Waals surface area (Å²) in [5, 5.41) is 0. The van der Waals surface area contributed by atoms with E-state index in [1.165, 1.54) is 10.9 Å². The standard InChI is InChI=1S/C13H14BrFN2S/c1-2-9-4-6-12(18-9)13(17-16)10-7-8(14)3-5-11(10)15/h3-7,13,17H,2,16H2,1H3. The number of nitrogens with two attached hydrogens (primary N) is 1. The first-order valence-electron chi connectivity index (χ1n) is 5.65. The molecule has 2 aromatic rings. The number of hydrogen-bond acceptors (Lipinski definition) is 3. The summed E-state index contributed by atoms with van der Waals surface area (Å²) < 4.78 is 14.7. The molecule has 0 radical (unpaired) electrons. The van der Waals surface area contributed by atoms with E-state index in [0.717, 1.165) is 15.8 Å². The summed E-state index contributed by atoms with van der Waals surface area (Å²) in [6.45, 7) is 2.10. The third-order valence-corrected chi connectivity index (χ3v) is 4.54. The van der Waals surface area contributed by atoms with Crippen LogP contribution in [0.4, 0.5) is 4.39 Å². The number of hydrogen-bond donors (Lipinski definition) is 2. The van der Waals surface area contributed by atoms with Crippen molar-refractivity contribution in [1.29, 1.82) is 0 Å². The van der Waals surface area contributed by atoms with Gasteiger partial charge in [0.05, 0.1) is 6.04 Å². The van der Waals surface area contributed by atoms with Crippen LogP contribution in [0.15, 0.2) is 34.8 Å². The predicted octanol–water partition coefficient (Wildman–Crippen LogP) is 3.76. The Balaban J connectivity index is 2.41. The maximum atomic E-state index is 13.9. The minimum atomic E-state index is -0.312. The molecule has 0 aliphatic carbocycles. The summed E-state index contributed by atoms with van der Waals surface area (Å²) in [6, 6.07) is 8.61. The topological polar surface area (TPSA) is 38.0 Å². The van der Waals surface area contributed by atoms with Crippen molar-refractivity contribution in [3.8, 4) is 0 Å². The van der Waals surface area contributed by atoms with Gasteiger partial charge in [0, 0.05) is 19.8 Å². The minimum Gasteiger partial charge on any atom is -0.271 e. The van der Waals surface area contributed by atoms with Crippen LogP contribution in [0.3, 0.4) is 0 Å². The summed E-state index contributed by atoms with van der Waals surface area (Å²) in [6.07, 6.45) is 0.975. The van der Waals surface area contributed by atoms with Gasteiger partial charge in [0.15, 0.2) is 0 Å². The van der Waals surface area contributed by atoms with Gasteiger partial charge in [-0.3, -0.25) is 5.84 Å². The largest absolute Gasteiger partial charge is 0.271 e. The lowest BCUT2D eigenvalue weighted by Gasteiger charge is -2.15. The van der Waals surface area contributed by atoms with E-state index >= 15 is 0 Å². The number of thiophene rings is 1. The molecule has 0 aliphatic heterocycles.